The summed E-state index contributed by atoms with van der Waals surface area (Å²) >= 11 is 1.66. The number of fused-ring (bicyclic) bond motifs is 1. The third-order valence-electron chi connectivity index (χ3n) is 5.52. The topological polar surface area (TPSA) is 50.3 Å². The monoisotopic (exact) mass is 428 g/mol. The van der Waals surface area contributed by atoms with Crippen LogP contribution in [0.25, 0.3) is 22.4 Å². The zero-order valence-electron chi connectivity index (χ0n) is 17.4. The highest BCUT2D eigenvalue weighted by Crippen LogP contribution is 2.32. The SMILES string of the molecule is Cc1ccccc1C=Cc1csc2c(Nc3ccc(N4CCOCC4)cc3)ncnc12. The molecular weight excluding hydrogens is 404 g/mol. The van der Waals surface area contributed by atoms with Gasteiger partial charge in [-0.2, -0.15) is 0 Å². The number of aromatic nitrogens is 2. The fourth-order valence-corrected chi connectivity index (χ4v) is 4.68. The molecule has 0 bridgehead atoms. The highest BCUT2D eigenvalue weighted by Gasteiger charge is 2.12. The largest absolute Gasteiger partial charge is 0.378 e. The lowest BCUT2D eigenvalue weighted by Gasteiger charge is -2.28. The molecule has 0 radical (unpaired) electrons. The summed E-state index contributed by atoms with van der Waals surface area (Å²) < 4.78 is 6.50. The summed E-state index contributed by atoms with van der Waals surface area (Å²) in [5, 5.41) is 5.61. The van der Waals surface area contributed by atoms with E-state index in [-0.39, 0.29) is 0 Å². The Bertz CT molecular complexity index is 1210. The molecule has 0 aliphatic carbocycles. The van der Waals surface area contributed by atoms with Gasteiger partial charge in [0.2, 0.25) is 0 Å². The first-order chi connectivity index (χ1) is 15.3. The van der Waals surface area contributed by atoms with Crippen LogP contribution in [0.2, 0.25) is 0 Å². The summed E-state index contributed by atoms with van der Waals surface area (Å²) in [6, 6.07) is 16.9. The molecule has 1 fully saturated rings. The number of nitrogens with one attached hydrogen (secondary N) is 1. The van der Waals surface area contributed by atoms with E-state index in [2.05, 4.69) is 93.2 Å². The number of hydrogen-bond donors (Lipinski definition) is 1. The van der Waals surface area contributed by atoms with E-state index in [0.717, 1.165) is 53.6 Å². The van der Waals surface area contributed by atoms with Crippen molar-refractivity contribution < 1.29 is 4.74 Å². The number of benzene rings is 2. The van der Waals surface area contributed by atoms with Crippen LogP contribution in [-0.2, 0) is 4.74 Å². The summed E-state index contributed by atoms with van der Waals surface area (Å²) in [6.07, 6.45) is 5.91. The Morgan fingerprint density at radius 3 is 2.55 bits per heavy atom. The van der Waals surface area contributed by atoms with Crippen LogP contribution in [0, 0.1) is 6.92 Å². The smallest absolute Gasteiger partial charge is 0.151 e. The number of rotatable bonds is 5. The van der Waals surface area contributed by atoms with Gasteiger partial charge in [0.05, 0.1) is 23.4 Å². The highest BCUT2D eigenvalue weighted by molar-refractivity contribution is 7.18. The van der Waals surface area contributed by atoms with Gasteiger partial charge in [0.1, 0.15) is 6.33 Å². The molecule has 1 aliphatic rings. The number of morpholine rings is 1. The van der Waals surface area contributed by atoms with Crippen molar-refractivity contribution in [1.82, 2.24) is 9.97 Å². The van der Waals surface area contributed by atoms with Crippen LogP contribution < -0.4 is 10.2 Å². The van der Waals surface area contributed by atoms with E-state index in [0.29, 0.717) is 0 Å². The Kier molecular flexibility index (Phi) is 5.65. The predicted octanol–water partition coefficient (Wildman–Crippen LogP) is 5.75. The van der Waals surface area contributed by atoms with Crippen molar-refractivity contribution in [1.29, 1.82) is 0 Å². The van der Waals surface area contributed by atoms with Crippen molar-refractivity contribution in [3.05, 3.63) is 76.9 Å². The maximum atomic E-state index is 5.44. The Morgan fingerprint density at radius 2 is 1.74 bits per heavy atom. The lowest BCUT2D eigenvalue weighted by atomic mass is 10.1. The Labute approximate surface area is 186 Å². The molecule has 5 nitrogen and oxygen atoms in total. The lowest BCUT2D eigenvalue weighted by molar-refractivity contribution is 0.122. The van der Waals surface area contributed by atoms with Crippen molar-refractivity contribution >= 4 is 50.9 Å². The molecule has 6 heteroatoms. The van der Waals surface area contributed by atoms with E-state index in [4.69, 9.17) is 4.74 Å². The van der Waals surface area contributed by atoms with Crippen LogP contribution in [0.4, 0.5) is 17.2 Å². The number of aryl methyl sites for hydroxylation is 1. The van der Waals surface area contributed by atoms with Gasteiger partial charge in [0, 0.05) is 35.4 Å². The molecule has 4 aromatic rings. The van der Waals surface area contributed by atoms with Crippen molar-refractivity contribution in [2.45, 2.75) is 6.92 Å². The first kappa shape index (κ1) is 19.7. The molecule has 156 valence electrons. The van der Waals surface area contributed by atoms with Gasteiger partial charge in [-0.25, -0.2) is 9.97 Å². The van der Waals surface area contributed by atoms with Gasteiger partial charge >= 0.3 is 0 Å². The third-order valence-corrected chi connectivity index (χ3v) is 6.51. The molecule has 1 saturated heterocycles. The van der Waals surface area contributed by atoms with Gasteiger partial charge in [-0.15, -0.1) is 11.3 Å². The number of nitrogens with zero attached hydrogens (tertiary/aromatic N) is 3. The Balaban J connectivity index is 1.37. The maximum Gasteiger partial charge on any atom is 0.151 e. The molecule has 0 atom stereocenters. The molecule has 2 aromatic carbocycles. The molecule has 1 aliphatic heterocycles. The van der Waals surface area contributed by atoms with Crippen LogP contribution in [0.15, 0.2) is 60.2 Å². The zero-order chi connectivity index (χ0) is 21.0. The first-order valence-corrected chi connectivity index (χ1v) is 11.3. The first-order valence-electron chi connectivity index (χ1n) is 10.4. The molecule has 31 heavy (non-hydrogen) atoms. The highest BCUT2D eigenvalue weighted by atomic mass is 32.1. The minimum absolute atomic E-state index is 0.790. The van der Waals surface area contributed by atoms with E-state index in [1.165, 1.54) is 16.8 Å². The summed E-state index contributed by atoms with van der Waals surface area (Å²) in [5.41, 5.74) is 6.79. The summed E-state index contributed by atoms with van der Waals surface area (Å²) in [5.74, 6) is 0.838. The van der Waals surface area contributed by atoms with Gasteiger partial charge in [-0.1, -0.05) is 36.4 Å². The lowest BCUT2D eigenvalue weighted by Crippen LogP contribution is -2.36. The van der Waals surface area contributed by atoms with Gasteiger partial charge < -0.3 is 15.0 Å². The standard InChI is InChI=1S/C25H24N4OS/c1-18-4-2-3-5-19(18)6-7-20-16-31-24-23(20)26-17-27-25(24)28-21-8-10-22(11-9-21)29-12-14-30-15-13-29/h2-11,16-17H,12-15H2,1H3,(H,26,27,28). The fourth-order valence-electron chi connectivity index (χ4n) is 3.74. The van der Waals surface area contributed by atoms with Crippen LogP contribution in [-0.4, -0.2) is 36.3 Å². The average molecular weight is 429 g/mol. The molecule has 5 rings (SSSR count). The molecule has 0 amide bonds. The number of hydrogen-bond acceptors (Lipinski definition) is 6. The van der Waals surface area contributed by atoms with E-state index in [1.807, 2.05) is 0 Å². The number of ether oxygens (including phenoxy) is 1. The Hall–Kier alpha value is -3.22. The molecule has 1 N–H and O–H groups in total. The van der Waals surface area contributed by atoms with Gasteiger partial charge in [0.15, 0.2) is 5.82 Å². The summed E-state index contributed by atoms with van der Waals surface area (Å²) in [6.45, 7) is 5.58. The molecule has 0 spiro atoms. The maximum absolute atomic E-state index is 5.44. The van der Waals surface area contributed by atoms with Crippen molar-refractivity contribution in [3.63, 3.8) is 0 Å². The Morgan fingerprint density at radius 1 is 0.968 bits per heavy atom. The number of thiophene rings is 1. The third kappa shape index (κ3) is 4.31. The van der Waals surface area contributed by atoms with E-state index >= 15 is 0 Å². The van der Waals surface area contributed by atoms with Gasteiger partial charge in [0.25, 0.3) is 0 Å². The van der Waals surface area contributed by atoms with Crippen LogP contribution in [0.1, 0.15) is 16.7 Å². The summed E-state index contributed by atoms with van der Waals surface area (Å²) in [7, 11) is 0. The molecule has 0 saturated carbocycles. The van der Waals surface area contributed by atoms with E-state index < -0.39 is 0 Å². The second-order valence-electron chi connectivity index (χ2n) is 7.55. The van der Waals surface area contributed by atoms with Crippen LogP contribution in [0.3, 0.4) is 0 Å². The van der Waals surface area contributed by atoms with Gasteiger partial charge in [-0.05, 0) is 42.3 Å². The molecule has 2 aromatic heterocycles. The predicted molar refractivity (Wildman–Crippen MR) is 130 cm³/mol. The van der Waals surface area contributed by atoms with Crippen LogP contribution >= 0.6 is 11.3 Å². The van der Waals surface area contributed by atoms with E-state index in [9.17, 15) is 0 Å². The molecule has 0 unspecified atom stereocenters. The zero-order valence-corrected chi connectivity index (χ0v) is 18.2. The average Bonchev–Trinajstić information content (AvgIpc) is 3.24. The minimum Gasteiger partial charge on any atom is -0.378 e. The quantitative estimate of drug-likeness (QED) is 0.439. The van der Waals surface area contributed by atoms with Gasteiger partial charge in [-0.3, -0.25) is 0 Å². The second kappa shape index (κ2) is 8.88. The van der Waals surface area contributed by atoms with Crippen molar-refractivity contribution in [3.8, 4) is 0 Å². The van der Waals surface area contributed by atoms with Crippen molar-refractivity contribution in [2.24, 2.45) is 0 Å². The minimum atomic E-state index is 0.790. The van der Waals surface area contributed by atoms with Crippen molar-refractivity contribution in [2.75, 3.05) is 36.5 Å². The summed E-state index contributed by atoms with van der Waals surface area (Å²) in [4.78, 5) is 11.4. The van der Waals surface area contributed by atoms with E-state index in [1.54, 1.807) is 17.7 Å². The fraction of sp³-hybridized carbons (Fsp3) is 0.200. The number of anilines is 3. The molecule has 3 heterocycles. The molecular formula is C25H24N4OS. The van der Waals surface area contributed by atoms with Crippen LogP contribution in [0.5, 0.6) is 0 Å². The normalized spacial score (nSPS) is 14.4. The second-order valence-corrected chi connectivity index (χ2v) is 8.43.